The molecule has 0 spiro atoms. The van der Waals surface area contributed by atoms with Crippen molar-refractivity contribution in [2.75, 3.05) is 47.6 Å². The molecule has 9 heteroatoms. The van der Waals surface area contributed by atoms with Crippen LogP contribution in [0.15, 0.2) is 23.2 Å². The van der Waals surface area contributed by atoms with Crippen molar-refractivity contribution in [3.63, 3.8) is 0 Å². The van der Waals surface area contributed by atoms with E-state index in [9.17, 15) is 9.90 Å². The van der Waals surface area contributed by atoms with Crippen molar-refractivity contribution in [3.05, 3.63) is 29.3 Å². The standard InChI is InChI=1S/C19H29N3O5.HI/c1-20-18(22-12-19(6-8-23)7-9-27-13-19)21-11-14-4-5-15(17(24)26-3)16(10-14)25-2;/h4-5,10,23H,6-9,11-13H2,1-3H3,(H2,20,21,22);1H. The van der Waals surface area contributed by atoms with Gasteiger partial charge in [0.2, 0.25) is 0 Å². The Hall–Kier alpha value is -1.59. The van der Waals surface area contributed by atoms with Crippen molar-refractivity contribution in [1.29, 1.82) is 0 Å². The summed E-state index contributed by atoms with van der Waals surface area (Å²) in [5, 5.41) is 15.9. The van der Waals surface area contributed by atoms with Gasteiger partial charge in [-0.05, 0) is 30.5 Å². The second-order valence-electron chi connectivity index (χ2n) is 6.58. The van der Waals surface area contributed by atoms with Gasteiger partial charge in [-0.15, -0.1) is 24.0 Å². The van der Waals surface area contributed by atoms with Crippen LogP contribution in [-0.2, 0) is 16.0 Å². The summed E-state index contributed by atoms with van der Waals surface area (Å²) in [7, 11) is 4.57. The minimum Gasteiger partial charge on any atom is -0.496 e. The number of halogens is 1. The quantitative estimate of drug-likeness (QED) is 0.213. The lowest BCUT2D eigenvalue weighted by Crippen LogP contribution is -2.44. The Labute approximate surface area is 183 Å². The number of methoxy groups -OCH3 is 2. The largest absolute Gasteiger partial charge is 0.496 e. The number of nitrogens with one attached hydrogen (secondary N) is 2. The highest BCUT2D eigenvalue weighted by molar-refractivity contribution is 14.0. The van der Waals surface area contributed by atoms with Gasteiger partial charge in [0.25, 0.3) is 0 Å². The van der Waals surface area contributed by atoms with Gasteiger partial charge in [-0.1, -0.05) is 6.07 Å². The van der Waals surface area contributed by atoms with Crippen LogP contribution in [0, 0.1) is 5.41 Å². The number of esters is 1. The zero-order valence-corrected chi connectivity index (χ0v) is 18.9. The number of nitrogens with zero attached hydrogens (tertiary/aromatic N) is 1. The molecule has 8 nitrogen and oxygen atoms in total. The molecular weight excluding hydrogens is 477 g/mol. The van der Waals surface area contributed by atoms with Crippen molar-refractivity contribution < 1.29 is 24.1 Å². The van der Waals surface area contributed by atoms with Gasteiger partial charge < -0.3 is 30.0 Å². The van der Waals surface area contributed by atoms with Crippen molar-refractivity contribution in [2.45, 2.75) is 19.4 Å². The van der Waals surface area contributed by atoms with Gasteiger partial charge in [-0.25, -0.2) is 4.79 Å². The fourth-order valence-corrected chi connectivity index (χ4v) is 3.11. The Kier molecular flexibility index (Phi) is 10.5. The van der Waals surface area contributed by atoms with Gasteiger partial charge in [-0.3, -0.25) is 4.99 Å². The third-order valence-electron chi connectivity index (χ3n) is 4.81. The highest BCUT2D eigenvalue weighted by Crippen LogP contribution is 2.31. The summed E-state index contributed by atoms with van der Waals surface area (Å²) in [4.78, 5) is 16.0. The van der Waals surface area contributed by atoms with Gasteiger partial charge in [0.15, 0.2) is 5.96 Å². The first-order valence-corrected chi connectivity index (χ1v) is 8.96. The molecule has 1 heterocycles. The summed E-state index contributed by atoms with van der Waals surface area (Å²) in [6.07, 6.45) is 1.62. The third-order valence-corrected chi connectivity index (χ3v) is 4.81. The molecule has 1 aliphatic rings. The number of carbonyl (C=O) groups excluding carboxylic acids is 1. The monoisotopic (exact) mass is 507 g/mol. The van der Waals surface area contributed by atoms with E-state index in [1.54, 1.807) is 19.2 Å². The molecule has 28 heavy (non-hydrogen) atoms. The molecule has 3 N–H and O–H groups in total. The van der Waals surface area contributed by atoms with Gasteiger partial charge in [-0.2, -0.15) is 0 Å². The number of aliphatic hydroxyl groups is 1. The van der Waals surface area contributed by atoms with E-state index in [0.29, 0.717) is 43.4 Å². The summed E-state index contributed by atoms with van der Waals surface area (Å²) in [5.41, 5.74) is 1.27. The van der Waals surface area contributed by atoms with E-state index in [4.69, 9.17) is 14.2 Å². The van der Waals surface area contributed by atoms with Crippen molar-refractivity contribution in [2.24, 2.45) is 10.4 Å². The van der Waals surface area contributed by atoms with Crippen LogP contribution in [0.4, 0.5) is 0 Å². The van der Waals surface area contributed by atoms with E-state index >= 15 is 0 Å². The first-order valence-electron chi connectivity index (χ1n) is 8.96. The van der Waals surface area contributed by atoms with Gasteiger partial charge >= 0.3 is 5.97 Å². The molecule has 1 aromatic rings. The first-order chi connectivity index (χ1) is 13.1. The third kappa shape index (κ3) is 6.49. The van der Waals surface area contributed by atoms with Gasteiger partial charge in [0.05, 0.1) is 20.8 Å². The average Bonchev–Trinajstić information content (AvgIpc) is 3.16. The van der Waals surface area contributed by atoms with Crippen LogP contribution >= 0.6 is 24.0 Å². The number of benzene rings is 1. The lowest BCUT2D eigenvalue weighted by Gasteiger charge is -2.27. The van der Waals surface area contributed by atoms with E-state index in [1.165, 1.54) is 14.2 Å². The summed E-state index contributed by atoms with van der Waals surface area (Å²) >= 11 is 0. The molecule has 1 atom stereocenters. The second kappa shape index (κ2) is 12.1. The molecule has 1 fully saturated rings. The number of hydrogen-bond acceptors (Lipinski definition) is 6. The molecule has 1 aromatic carbocycles. The van der Waals surface area contributed by atoms with Crippen molar-refractivity contribution in [3.8, 4) is 5.75 Å². The SMILES string of the molecule is CN=C(NCc1ccc(C(=O)OC)c(OC)c1)NCC1(CCO)CCOC1.I. The van der Waals surface area contributed by atoms with E-state index in [-0.39, 0.29) is 36.0 Å². The molecule has 0 radical (unpaired) electrons. The van der Waals surface area contributed by atoms with Gasteiger partial charge in [0.1, 0.15) is 11.3 Å². The highest BCUT2D eigenvalue weighted by Gasteiger charge is 2.34. The highest BCUT2D eigenvalue weighted by atomic mass is 127. The minimum atomic E-state index is -0.434. The van der Waals surface area contributed by atoms with E-state index in [0.717, 1.165) is 18.6 Å². The number of aliphatic hydroxyl groups excluding tert-OH is 1. The average molecular weight is 507 g/mol. The maximum Gasteiger partial charge on any atom is 0.341 e. The van der Waals surface area contributed by atoms with Crippen LogP contribution in [0.25, 0.3) is 0 Å². The van der Waals surface area contributed by atoms with Crippen LogP contribution in [0.2, 0.25) is 0 Å². The van der Waals surface area contributed by atoms with Crippen LogP contribution in [0.3, 0.4) is 0 Å². The number of aliphatic imine (C=N–C) groups is 1. The molecule has 158 valence electrons. The summed E-state index contributed by atoms with van der Waals surface area (Å²) in [5.74, 6) is 0.695. The van der Waals surface area contributed by atoms with Crippen molar-refractivity contribution in [1.82, 2.24) is 10.6 Å². The molecule has 1 saturated heterocycles. The molecule has 0 aliphatic carbocycles. The zero-order valence-electron chi connectivity index (χ0n) is 16.6. The number of rotatable bonds is 8. The minimum absolute atomic E-state index is 0. The van der Waals surface area contributed by atoms with Gasteiger partial charge in [0, 0.05) is 38.8 Å². The Morgan fingerprint density at radius 3 is 2.71 bits per heavy atom. The Balaban J connectivity index is 0.00000392. The Morgan fingerprint density at radius 2 is 2.14 bits per heavy atom. The normalized spacial score (nSPS) is 18.9. The molecule has 0 saturated carbocycles. The molecular formula is C19H30IN3O5. The molecule has 0 amide bonds. The lowest BCUT2D eigenvalue weighted by molar-refractivity contribution is 0.0597. The molecule has 1 aliphatic heterocycles. The van der Waals surface area contributed by atoms with Crippen LogP contribution in [0.1, 0.15) is 28.8 Å². The van der Waals surface area contributed by atoms with E-state index in [2.05, 4.69) is 15.6 Å². The van der Waals surface area contributed by atoms with Crippen LogP contribution in [0.5, 0.6) is 5.75 Å². The second-order valence-corrected chi connectivity index (χ2v) is 6.58. The molecule has 1 unspecified atom stereocenters. The molecule has 0 aromatic heterocycles. The molecule has 0 bridgehead atoms. The van der Waals surface area contributed by atoms with Crippen LogP contribution in [-0.4, -0.2) is 64.7 Å². The molecule has 2 rings (SSSR count). The number of ether oxygens (including phenoxy) is 3. The predicted molar refractivity (Wildman–Crippen MR) is 118 cm³/mol. The van der Waals surface area contributed by atoms with Crippen LogP contribution < -0.4 is 15.4 Å². The first kappa shape index (κ1) is 24.4. The number of guanidine groups is 1. The predicted octanol–water partition coefficient (Wildman–Crippen LogP) is 1.55. The van der Waals surface area contributed by atoms with E-state index in [1.807, 2.05) is 6.07 Å². The fourth-order valence-electron chi connectivity index (χ4n) is 3.11. The summed E-state index contributed by atoms with van der Waals surface area (Å²) < 4.78 is 15.5. The smallest absolute Gasteiger partial charge is 0.341 e. The maximum absolute atomic E-state index is 11.7. The Bertz CT molecular complexity index is 663. The number of carbonyl (C=O) groups is 1. The van der Waals surface area contributed by atoms with E-state index < -0.39 is 5.97 Å². The Morgan fingerprint density at radius 1 is 1.36 bits per heavy atom. The maximum atomic E-state index is 11.7. The summed E-state index contributed by atoms with van der Waals surface area (Å²) in [6, 6.07) is 5.32. The fraction of sp³-hybridized carbons (Fsp3) is 0.579. The number of hydrogen-bond donors (Lipinski definition) is 3. The summed E-state index contributed by atoms with van der Waals surface area (Å²) in [6.45, 7) is 2.70. The van der Waals surface area contributed by atoms with Crippen molar-refractivity contribution >= 4 is 35.9 Å². The zero-order chi connectivity index (χ0) is 19.7. The lowest BCUT2D eigenvalue weighted by atomic mass is 9.84. The topological polar surface area (TPSA) is 101 Å².